The van der Waals surface area contributed by atoms with Gasteiger partial charge in [-0.25, -0.2) is 0 Å². The van der Waals surface area contributed by atoms with Gasteiger partial charge in [-0.3, -0.25) is 0 Å². The van der Waals surface area contributed by atoms with Gasteiger partial charge in [0.05, 0.1) is 0 Å². The molecule has 2 unspecified atom stereocenters. The first-order valence-electron chi connectivity index (χ1n) is 6.96. The van der Waals surface area contributed by atoms with Crippen LogP contribution in [0.1, 0.15) is 42.9 Å². The van der Waals surface area contributed by atoms with Crippen molar-refractivity contribution in [2.75, 3.05) is 12.3 Å². The highest BCUT2D eigenvalue weighted by atomic mass is 79.9. The highest BCUT2D eigenvalue weighted by Crippen LogP contribution is 2.33. The Balaban J connectivity index is 1.59. The van der Waals surface area contributed by atoms with Crippen LogP contribution in [-0.2, 0) is 6.42 Å². The largest absolute Gasteiger partial charge is 0.309 e. The maximum absolute atomic E-state index is 3.79. The van der Waals surface area contributed by atoms with Crippen LogP contribution in [0.4, 0.5) is 0 Å². The van der Waals surface area contributed by atoms with Gasteiger partial charge in [-0.1, -0.05) is 28.4 Å². The third-order valence-electron chi connectivity index (χ3n) is 4.05. The maximum Gasteiger partial charge on any atom is 0.0326 e. The van der Waals surface area contributed by atoms with Crippen molar-refractivity contribution < 1.29 is 0 Å². The molecule has 0 bridgehead atoms. The van der Waals surface area contributed by atoms with Gasteiger partial charge in [0.2, 0.25) is 0 Å². The average molecular weight is 326 g/mol. The minimum Gasteiger partial charge on any atom is -0.309 e. The number of fused-ring (bicyclic) bond motifs is 1. The number of hydrogen-bond donors (Lipinski definition) is 1. The number of rotatable bonds is 3. The molecule has 1 fully saturated rings. The second kappa shape index (κ2) is 5.98. The molecule has 3 rings (SSSR count). The van der Waals surface area contributed by atoms with Gasteiger partial charge < -0.3 is 5.32 Å². The van der Waals surface area contributed by atoms with Gasteiger partial charge in [0.25, 0.3) is 0 Å². The van der Waals surface area contributed by atoms with Crippen molar-refractivity contribution in [2.24, 2.45) is 0 Å². The van der Waals surface area contributed by atoms with E-state index in [0.29, 0.717) is 6.04 Å². The van der Waals surface area contributed by atoms with Crippen LogP contribution in [0.25, 0.3) is 0 Å². The van der Waals surface area contributed by atoms with Crippen molar-refractivity contribution in [3.63, 3.8) is 0 Å². The fraction of sp³-hybridized carbons (Fsp3) is 0.600. The maximum atomic E-state index is 3.79. The van der Waals surface area contributed by atoms with E-state index in [9.17, 15) is 0 Å². The van der Waals surface area contributed by atoms with Crippen molar-refractivity contribution in [1.29, 1.82) is 0 Å². The number of nitrogens with one attached hydrogen (secondary N) is 1. The molecule has 2 atom stereocenters. The molecule has 1 aromatic rings. The third kappa shape index (κ3) is 2.94. The summed E-state index contributed by atoms with van der Waals surface area (Å²) in [6.07, 6.45) is 6.74. The first-order chi connectivity index (χ1) is 8.83. The van der Waals surface area contributed by atoms with Crippen molar-refractivity contribution >= 4 is 27.7 Å². The summed E-state index contributed by atoms with van der Waals surface area (Å²) in [6.45, 7) is 1.19. The molecule has 0 saturated carbocycles. The molecule has 1 aliphatic carbocycles. The van der Waals surface area contributed by atoms with Crippen LogP contribution in [0.3, 0.4) is 0 Å². The van der Waals surface area contributed by atoms with E-state index in [1.54, 1.807) is 0 Å². The lowest BCUT2D eigenvalue weighted by molar-refractivity contribution is 0.508. The van der Waals surface area contributed by atoms with Gasteiger partial charge in [-0.05, 0) is 54.7 Å². The first-order valence-corrected chi connectivity index (χ1v) is 8.80. The Morgan fingerprint density at radius 2 is 2.22 bits per heavy atom. The second-order valence-electron chi connectivity index (χ2n) is 5.33. The highest BCUT2D eigenvalue weighted by Gasteiger charge is 2.23. The standard InChI is InChI=1S/C15H20BrNS/c16-12-5-6-14-11(9-12)4-7-15(14)17-10-13-3-1-2-8-18-13/h5-6,9,13,15,17H,1-4,7-8,10H2. The number of halogens is 1. The molecular formula is C15H20BrNS. The fourth-order valence-electron chi connectivity index (χ4n) is 3.04. The van der Waals surface area contributed by atoms with Gasteiger partial charge >= 0.3 is 0 Å². The molecule has 0 radical (unpaired) electrons. The summed E-state index contributed by atoms with van der Waals surface area (Å²) in [7, 11) is 0. The van der Waals surface area contributed by atoms with Crippen molar-refractivity contribution in [3.8, 4) is 0 Å². The summed E-state index contributed by atoms with van der Waals surface area (Å²) in [5.74, 6) is 1.36. The molecule has 0 spiro atoms. The van der Waals surface area contributed by atoms with E-state index in [-0.39, 0.29) is 0 Å². The van der Waals surface area contributed by atoms with Crippen molar-refractivity contribution in [2.45, 2.75) is 43.4 Å². The van der Waals surface area contributed by atoms with Crippen molar-refractivity contribution in [3.05, 3.63) is 33.8 Å². The Labute approximate surface area is 122 Å². The smallest absolute Gasteiger partial charge is 0.0326 e. The molecule has 98 valence electrons. The Morgan fingerprint density at radius 3 is 3.06 bits per heavy atom. The van der Waals surface area contributed by atoms with E-state index in [4.69, 9.17) is 0 Å². The molecule has 1 saturated heterocycles. The number of benzene rings is 1. The minimum absolute atomic E-state index is 0.593. The molecular weight excluding hydrogens is 306 g/mol. The molecule has 3 heteroatoms. The monoisotopic (exact) mass is 325 g/mol. The summed E-state index contributed by atoms with van der Waals surface area (Å²) in [4.78, 5) is 0. The summed E-state index contributed by atoms with van der Waals surface area (Å²) in [6, 6.07) is 7.34. The van der Waals surface area contributed by atoms with Crippen LogP contribution in [0.5, 0.6) is 0 Å². The zero-order valence-corrected chi connectivity index (χ0v) is 13.0. The van der Waals surface area contributed by atoms with E-state index in [1.165, 1.54) is 60.0 Å². The molecule has 18 heavy (non-hydrogen) atoms. The van der Waals surface area contributed by atoms with Crippen LogP contribution in [0.2, 0.25) is 0 Å². The van der Waals surface area contributed by atoms with Gasteiger partial charge in [0, 0.05) is 22.3 Å². The summed E-state index contributed by atoms with van der Waals surface area (Å²) < 4.78 is 1.21. The molecule has 1 N–H and O–H groups in total. The fourth-order valence-corrected chi connectivity index (χ4v) is 4.70. The minimum atomic E-state index is 0.593. The van der Waals surface area contributed by atoms with Gasteiger partial charge in [-0.2, -0.15) is 11.8 Å². The average Bonchev–Trinajstić information content (AvgIpc) is 2.80. The van der Waals surface area contributed by atoms with Crippen molar-refractivity contribution in [1.82, 2.24) is 5.32 Å². The first kappa shape index (κ1) is 13.0. The van der Waals surface area contributed by atoms with Crippen LogP contribution in [0.15, 0.2) is 22.7 Å². The summed E-state index contributed by atoms with van der Waals surface area (Å²) >= 11 is 5.72. The Bertz CT molecular complexity index is 415. The van der Waals surface area contributed by atoms with E-state index in [2.05, 4.69) is 51.2 Å². The molecule has 1 nitrogen and oxygen atoms in total. The predicted molar refractivity (Wildman–Crippen MR) is 83.3 cm³/mol. The predicted octanol–water partition coefficient (Wildman–Crippen LogP) is 4.31. The van der Waals surface area contributed by atoms with E-state index in [1.807, 2.05) is 0 Å². The normalized spacial score (nSPS) is 27.2. The molecule has 0 aromatic heterocycles. The Kier molecular flexibility index (Phi) is 4.32. The van der Waals surface area contributed by atoms with Crippen LogP contribution < -0.4 is 5.32 Å². The SMILES string of the molecule is Brc1ccc2c(c1)CCC2NCC1CCCCS1. The topological polar surface area (TPSA) is 12.0 Å². The van der Waals surface area contributed by atoms with Crippen LogP contribution in [-0.4, -0.2) is 17.5 Å². The lowest BCUT2D eigenvalue weighted by Crippen LogP contribution is -2.29. The number of aryl methyl sites for hydroxylation is 1. The quantitative estimate of drug-likeness (QED) is 0.888. The van der Waals surface area contributed by atoms with Gasteiger partial charge in [0.15, 0.2) is 0 Å². The Hall–Kier alpha value is 0.01000. The molecule has 2 aliphatic rings. The van der Waals surface area contributed by atoms with E-state index in [0.717, 1.165) is 5.25 Å². The number of hydrogen-bond acceptors (Lipinski definition) is 2. The van der Waals surface area contributed by atoms with E-state index < -0.39 is 0 Å². The van der Waals surface area contributed by atoms with E-state index >= 15 is 0 Å². The molecule has 1 aliphatic heterocycles. The molecule has 1 aromatic carbocycles. The zero-order valence-electron chi connectivity index (χ0n) is 10.6. The van der Waals surface area contributed by atoms with Gasteiger partial charge in [0.1, 0.15) is 0 Å². The van der Waals surface area contributed by atoms with Crippen LogP contribution in [0, 0.1) is 0 Å². The lowest BCUT2D eigenvalue weighted by atomic mass is 10.1. The Morgan fingerprint density at radius 1 is 1.28 bits per heavy atom. The van der Waals surface area contributed by atoms with Crippen LogP contribution >= 0.6 is 27.7 Å². The molecule has 0 amide bonds. The highest BCUT2D eigenvalue weighted by molar-refractivity contribution is 9.10. The zero-order chi connectivity index (χ0) is 12.4. The number of thioether (sulfide) groups is 1. The lowest BCUT2D eigenvalue weighted by Gasteiger charge is -2.24. The summed E-state index contributed by atoms with van der Waals surface area (Å²) in [5, 5.41) is 4.64. The third-order valence-corrected chi connectivity index (χ3v) is 5.94. The second-order valence-corrected chi connectivity index (χ2v) is 7.66. The summed E-state index contributed by atoms with van der Waals surface area (Å²) in [5.41, 5.74) is 3.05. The van der Waals surface area contributed by atoms with Gasteiger partial charge in [-0.15, -0.1) is 0 Å². The molecule has 1 heterocycles.